The molecule has 1 aliphatic heterocycles. The minimum absolute atomic E-state index is 0.201. The second-order valence-electron chi connectivity index (χ2n) is 5.88. The Morgan fingerprint density at radius 2 is 1.88 bits per heavy atom. The van der Waals surface area contributed by atoms with Gasteiger partial charge in [0, 0.05) is 11.1 Å². The molecule has 1 aromatic rings. The lowest BCUT2D eigenvalue weighted by Gasteiger charge is -2.27. The summed E-state index contributed by atoms with van der Waals surface area (Å²) in [6.07, 6.45) is -4.99. The Morgan fingerprint density at radius 3 is 2.41 bits per heavy atom. The third-order valence-electron chi connectivity index (χ3n) is 3.59. The van der Waals surface area contributed by atoms with Crippen molar-refractivity contribution in [3.63, 3.8) is 0 Å². The van der Waals surface area contributed by atoms with Crippen molar-refractivity contribution in [2.24, 2.45) is 5.11 Å². The van der Waals surface area contributed by atoms with Crippen LogP contribution in [-0.4, -0.2) is 63.9 Å². The van der Waals surface area contributed by atoms with Gasteiger partial charge in [0.05, 0.1) is 6.61 Å². The Balaban J connectivity index is 2.28. The van der Waals surface area contributed by atoms with Crippen molar-refractivity contribution >= 4 is 29.3 Å². The SMILES string of the molecule is [N-]=[N+]=N[C@]1(COP(=O)(O)OP(=O)(O)OP(=O)(O)O)O[C@@H](n2ccc(N)nc2=O)[C@@H](O)[C@@H]1O. The largest absolute Gasteiger partial charge is 0.490 e. The summed E-state index contributed by atoms with van der Waals surface area (Å²) >= 11 is 0. The van der Waals surface area contributed by atoms with Gasteiger partial charge in [-0.2, -0.15) is 13.6 Å². The average molecular weight is 524 g/mol. The van der Waals surface area contributed by atoms with Crippen LogP contribution in [0.5, 0.6) is 0 Å². The number of nitrogens with two attached hydrogens (primary N) is 1. The van der Waals surface area contributed by atoms with Crippen molar-refractivity contribution in [3.8, 4) is 0 Å². The first-order chi connectivity index (χ1) is 14.5. The van der Waals surface area contributed by atoms with Crippen LogP contribution in [0, 0.1) is 0 Å². The third kappa shape index (κ3) is 6.41. The van der Waals surface area contributed by atoms with Crippen LogP contribution < -0.4 is 11.4 Å². The van der Waals surface area contributed by atoms with Gasteiger partial charge in [0.25, 0.3) is 0 Å². The van der Waals surface area contributed by atoms with Gasteiger partial charge in [-0.05, 0) is 11.6 Å². The molecule has 0 aromatic carbocycles. The van der Waals surface area contributed by atoms with E-state index in [-0.39, 0.29) is 5.82 Å². The lowest BCUT2D eigenvalue weighted by atomic mass is 10.1. The fourth-order valence-electron chi connectivity index (χ4n) is 2.40. The minimum atomic E-state index is -5.86. The molecule has 6 atom stereocenters. The van der Waals surface area contributed by atoms with E-state index in [0.29, 0.717) is 4.57 Å². The molecule has 1 saturated heterocycles. The summed E-state index contributed by atoms with van der Waals surface area (Å²) in [5.74, 6) is -0.201. The maximum atomic E-state index is 12.0. The number of phosphoric ester groups is 1. The molecule has 0 aliphatic carbocycles. The molecule has 1 aromatic heterocycles. The second-order valence-corrected chi connectivity index (χ2v) is 10.3. The molecule has 0 saturated carbocycles. The zero-order valence-corrected chi connectivity index (χ0v) is 17.9. The molecule has 2 rings (SSSR count). The zero-order valence-electron chi connectivity index (χ0n) is 15.2. The van der Waals surface area contributed by atoms with E-state index in [0.717, 1.165) is 12.3 Å². The van der Waals surface area contributed by atoms with Gasteiger partial charge in [-0.1, -0.05) is 5.11 Å². The van der Waals surface area contributed by atoms with Crippen molar-refractivity contribution in [2.75, 3.05) is 12.3 Å². The number of ether oxygens (including phenoxy) is 1. The molecular formula is C9H15N6O14P3. The van der Waals surface area contributed by atoms with Crippen molar-refractivity contribution < 1.29 is 61.4 Å². The molecule has 20 nitrogen and oxygen atoms in total. The van der Waals surface area contributed by atoms with Gasteiger partial charge in [-0.15, -0.1) is 0 Å². The highest BCUT2D eigenvalue weighted by atomic mass is 31.3. The molecule has 8 N–H and O–H groups in total. The monoisotopic (exact) mass is 524 g/mol. The van der Waals surface area contributed by atoms with Gasteiger partial charge >= 0.3 is 29.2 Å². The second kappa shape index (κ2) is 9.26. The zero-order chi connectivity index (χ0) is 24.5. The highest BCUT2D eigenvalue weighted by Crippen LogP contribution is 2.66. The summed E-state index contributed by atoms with van der Waals surface area (Å²) < 4.78 is 51.0. The van der Waals surface area contributed by atoms with E-state index in [4.69, 9.17) is 30.7 Å². The van der Waals surface area contributed by atoms with Gasteiger partial charge in [0.1, 0.15) is 18.0 Å². The highest BCUT2D eigenvalue weighted by molar-refractivity contribution is 7.66. The molecule has 1 fully saturated rings. The summed E-state index contributed by atoms with van der Waals surface area (Å²) in [6.45, 7) is -1.44. The van der Waals surface area contributed by atoms with Crippen LogP contribution in [0.4, 0.5) is 5.82 Å². The van der Waals surface area contributed by atoms with E-state index < -0.39 is 59.9 Å². The molecular weight excluding hydrogens is 509 g/mol. The minimum Gasteiger partial charge on any atom is -0.387 e. The number of nitrogen functional groups attached to an aromatic ring is 1. The fraction of sp³-hybridized carbons (Fsp3) is 0.556. The van der Waals surface area contributed by atoms with Crippen molar-refractivity contribution in [1.82, 2.24) is 9.55 Å². The van der Waals surface area contributed by atoms with E-state index in [1.54, 1.807) is 0 Å². The van der Waals surface area contributed by atoms with E-state index in [1.165, 1.54) is 0 Å². The number of anilines is 1. The molecule has 32 heavy (non-hydrogen) atoms. The average Bonchev–Trinajstić information content (AvgIpc) is 2.83. The Hall–Kier alpha value is -1.72. The Kier molecular flexibility index (Phi) is 7.68. The maximum Gasteiger partial charge on any atom is 0.490 e. The van der Waals surface area contributed by atoms with E-state index in [9.17, 15) is 33.6 Å². The molecule has 2 heterocycles. The molecule has 180 valence electrons. The van der Waals surface area contributed by atoms with Crippen LogP contribution >= 0.6 is 23.5 Å². The van der Waals surface area contributed by atoms with Crippen LogP contribution in [0.15, 0.2) is 22.2 Å². The van der Waals surface area contributed by atoms with Crippen LogP contribution in [0.3, 0.4) is 0 Å². The summed E-state index contributed by atoms with van der Waals surface area (Å²) in [4.78, 5) is 53.3. The van der Waals surface area contributed by atoms with Gasteiger partial charge in [-0.25, -0.2) is 18.5 Å². The van der Waals surface area contributed by atoms with Crippen LogP contribution in [-0.2, 0) is 31.6 Å². The molecule has 0 spiro atoms. The first kappa shape index (κ1) is 26.5. The standard InChI is InChI=1S/C9H15N6O14P3/c10-4-1-2-15(8(18)12-4)7-5(16)6(17)9(27-7,13-14-11)3-26-31(22,23)29-32(24,25)28-30(19,20)21/h1-2,5-7,16-17H,3H2,(H,22,23)(H,24,25)(H2,10,12,18)(H2,19,20,21)/t5-,6-,7+,9+/m0/s1. The quantitative estimate of drug-likeness (QED) is 0.0829. The smallest absolute Gasteiger partial charge is 0.387 e. The number of rotatable bonds is 9. The number of nitrogens with zero attached hydrogens (tertiary/aromatic N) is 5. The van der Waals surface area contributed by atoms with Crippen LogP contribution in [0.1, 0.15) is 6.23 Å². The predicted molar refractivity (Wildman–Crippen MR) is 96.7 cm³/mol. The summed E-state index contributed by atoms with van der Waals surface area (Å²) in [6, 6.07) is 1.11. The Labute approximate surface area is 175 Å². The van der Waals surface area contributed by atoms with E-state index in [1.807, 2.05) is 0 Å². The van der Waals surface area contributed by atoms with Gasteiger partial charge in [0.2, 0.25) is 5.72 Å². The topological polar surface area (TPSA) is 319 Å². The Bertz CT molecular complexity index is 1120. The Morgan fingerprint density at radius 1 is 1.25 bits per heavy atom. The van der Waals surface area contributed by atoms with E-state index in [2.05, 4.69) is 28.2 Å². The maximum absolute atomic E-state index is 12.0. The van der Waals surface area contributed by atoms with Gasteiger partial charge in [-0.3, -0.25) is 9.09 Å². The number of azide groups is 1. The summed E-state index contributed by atoms with van der Waals surface area (Å²) in [7, 11) is -17.2. The van der Waals surface area contributed by atoms with Crippen LogP contribution in [0.25, 0.3) is 10.4 Å². The molecule has 1 aliphatic rings. The lowest BCUT2D eigenvalue weighted by molar-refractivity contribution is -0.123. The van der Waals surface area contributed by atoms with Crippen LogP contribution in [0.2, 0.25) is 0 Å². The molecule has 0 bridgehead atoms. The van der Waals surface area contributed by atoms with Gasteiger partial charge in [0.15, 0.2) is 6.23 Å². The summed E-state index contributed by atoms with van der Waals surface area (Å²) in [5.41, 5.74) is 10.3. The fourth-order valence-corrected chi connectivity index (χ4v) is 5.44. The molecule has 2 unspecified atom stereocenters. The number of aliphatic hydroxyl groups excluding tert-OH is 2. The summed E-state index contributed by atoms with van der Waals surface area (Å²) in [5, 5.41) is 23.6. The van der Waals surface area contributed by atoms with E-state index >= 15 is 0 Å². The molecule has 0 amide bonds. The third-order valence-corrected chi connectivity index (χ3v) is 7.38. The van der Waals surface area contributed by atoms with Gasteiger partial charge < -0.3 is 40.3 Å². The predicted octanol–water partition coefficient (Wildman–Crippen LogP) is -1.57. The van der Waals surface area contributed by atoms with Crippen molar-refractivity contribution in [2.45, 2.75) is 24.2 Å². The number of hydrogen-bond acceptors (Lipinski definition) is 13. The lowest BCUT2D eigenvalue weighted by Crippen LogP contribution is -2.44. The first-order valence-corrected chi connectivity index (χ1v) is 12.3. The number of phosphoric acid groups is 3. The number of aliphatic hydroxyl groups is 2. The normalized spacial score (nSPS) is 29.6. The van der Waals surface area contributed by atoms with Crippen molar-refractivity contribution in [3.05, 3.63) is 33.2 Å². The van der Waals surface area contributed by atoms with Crippen molar-refractivity contribution in [1.29, 1.82) is 0 Å². The highest BCUT2D eigenvalue weighted by Gasteiger charge is 2.56. The number of aromatic nitrogens is 2. The number of hydrogen-bond donors (Lipinski definition) is 7. The molecule has 23 heteroatoms. The first-order valence-electron chi connectivity index (χ1n) is 7.74. The molecule has 0 radical (unpaired) electrons.